The molecular weight excluding hydrogens is 112 g/mol. The van der Waals surface area contributed by atoms with Crippen LogP contribution in [0.25, 0.3) is 0 Å². The highest BCUT2D eigenvalue weighted by molar-refractivity contribution is 5.88. The van der Waals surface area contributed by atoms with Gasteiger partial charge in [0.1, 0.15) is 0 Å². The fourth-order valence-electron chi connectivity index (χ4n) is 0.818. The van der Waals surface area contributed by atoms with E-state index in [1.54, 1.807) is 6.34 Å². The van der Waals surface area contributed by atoms with Gasteiger partial charge in [0.15, 0.2) is 5.69 Å². The van der Waals surface area contributed by atoms with Crippen molar-refractivity contribution in [3.05, 3.63) is 24.3 Å². The second kappa shape index (κ2) is 1.58. The highest BCUT2D eigenvalue weighted by atomic mass is 15.0. The van der Waals surface area contributed by atoms with Crippen LogP contribution in [0.1, 0.15) is 0 Å². The van der Waals surface area contributed by atoms with Crippen molar-refractivity contribution in [2.75, 3.05) is 5.32 Å². The van der Waals surface area contributed by atoms with Crippen LogP contribution in [-0.2, 0) is 0 Å². The standard InChI is InChI=1S/C7H5N2/c1-2-4-7-6(3-1)8-5-9-7/h1-3,5,8H/q+1. The fourth-order valence-corrected chi connectivity index (χ4v) is 0.818. The lowest BCUT2D eigenvalue weighted by Gasteiger charge is -1.83. The van der Waals surface area contributed by atoms with E-state index in [1.165, 1.54) is 0 Å². The first-order valence-electron chi connectivity index (χ1n) is 2.76. The van der Waals surface area contributed by atoms with Gasteiger partial charge in [-0.1, -0.05) is 6.07 Å². The number of hydrogen-bond acceptors (Lipinski definition) is 2. The van der Waals surface area contributed by atoms with Gasteiger partial charge in [0.2, 0.25) is 5.69 Å². The van der Waals surface area contributed by atoms with Crippen LogP contribution in [0.15, 0.2) is 18.2 Å². The molecule has 2 heteroatoms. The van der Waals surface area contributed by atoms with Crippen LogP contribution in [0.2, 0.25) is 0 Å². The second-order valence-corrected chi connectivity index (χ2v) is 1.83. The molecule has 0 saturated carbocycles. The minimum absolute atomic E-state index is 0.900. The van der Waals surface area contributed by atoms with Crippen molar-refractivity contribution >= 4 is 17.7 Å². The molecule has 0 aromatic heterocycles. The summed E-state index contributed by atoms with van der Waals surface area (Å²) in [6.45, 7) is 0. The zero-order valence-electron chi connectivity index (χ0n) is 4.76. The Morgan fingerprint density at radius 3 is 3.44 bits per heavy atom. The van der Waals surface area contributed by atoms with Gasteiger partial charge in [-0.25, -0.2) is 5.32 Å². The predicted molar refractivity (Wildman–Crippen MR) is 36.8 cm³/mol. The smallest absolute Gasteiger partial charge is 0.240 e. The summed E-state index contributed by atoms with van der Waals surface area (Å²) in [5.41, 5.74) is 1.94. The second-order valence-electron chi connectivity index (χ2n) is 1.83. The van der Waals surface area contributed by atoms with Gasteiger partial charge >= 0.3 is 0 Å². The number of hydrogen-bond donors (Lipinski definition) is 1. The first kappa shape index (κ1) is 4.56. The van der Waals surface area contributed by atoms with E-state index < -0.39 is 0 Å². The minimum Gasteiger partial charge on any atom is -0.240 e. The number of fused-ring (bicyclic) bond motifs is 1. The molecule has 2 nitrogen and oxygen atoms in total. The van der Waals surface area contributed by atoms with Gasteiger partial charge in [-0.2, -0.15) is 0 Å². The average Bonchev–Trinajstić information content (AvgIpc) is 2.33. The van der Waals surface area contributed by atoms with Gasteiger partial charge in [-0.05, 0) is 17.1 Å². The number of anilines is 1. The third-order valence-electron chi connectivity index (χ3n) is 1.25. The van der Waals surface area contributed by atoms with Gasteiger partial charge in [0, 0.05) is 6.07 Å². The van der Waals surface area contributed by atoms with E-state index in [2.05, 4.69) is 16.4 Å². The third-order valence-corrected chi connectivity index (χ3v) is 1.25. The molecule has 0 fully saturated rings. The first-order valence-corrected chi connectivity index (χ1v) is 2.76. The van der Waals surface area contributed by atoms with E-state index in [1.807, 2.05) is 18.2 Å². The molecule has 2 radical (unpaired) electrons. The summed E-state index contributed by atoms with van der Waals surface area (Å²) >= 11 is 0. The summed E-state index contributed by atoms with van der Waals surface area (Å²) in [4.78, 5) is 4.01. The van der Waals surface area contributed by atoms with Crippen LogP contribution in [0.5, 0.6) is 0 Å². The van der Waals surface area contributed by atoms with Crippen molar-refractivity contribution in [3.8, 4) is 0 Å². The molecule has 0 unspecified atom stereocenters. The molecule has 1 aliphatic rings. The molecule has 0 atom stereocenters. The van der Waals surface area contributed by atoms with Crippen LogP contribution in [0.3, 0.4) is 0 Å². The Bertz CT molecular complexity index is 253. The molecule has 1 aliphatic heterocycles. The van der Waals surface area contributed by atoms with Crippen molar-refractivity contribution < 1.29 is 0 Å². The third kappa shape index (κ3) is 0.598. The Hall–Kier alpha value is -1.31. The van der Waals surface area contributed by atoms with E-state index in [0.29, 0.717) is 0 Å². The van der Waals surface area contributed by atoms with Crippen molar-refractivity contribution in [3.63, 3.8) is 0 Å². The number of aliphatic imine (C=N–C) groups is 1. The molecule has 0 aliphatic carbocycles. The summed E-state index contributed by atoms with van der Waals surface area (Å²) in [5.74, 6) is 0. The van der Waals surface area contributed by atoms with Gasteiger partial charge in [-0.3, -0.25) is 0 Å². The zero-order chi connectivity index (χ0) is 6.10. The Morgan fingerprint density at radius 1 is 1.56 bits per heavy atom. The number of nitrogens with zero attached hydrogens (tertiary/aromatic N) is 1. The molecule has 1 heterocycles. The van der Waals surface area contributed by atoms with E-state index in [9.17, 15) is 0 Å². The van der Waals surface area contributed by atoms with Crippen molar-refractivity contribution in [1.29, 1.82) is 0 Å². The first-order chi connectivity index (χ1) is 4.47. The van der Waals surface area contributed by atoms with Crippen LogP contribution < -0.4 is 10.3 Å². The van der Waals surface area contributed by atoms with Gasteiger partial charge in [-0.15, -0.1) is 0 Å². The largest absolute Gasteiger partial charge is 0.285 e. The lowest BCUT2D eigenvalue weighted by molar-refractivity contribution is 1.44. The van der Waals surface area contributed by atoms with Gasteiger partial charge in [0.05, 0.1) is 0 Å². The number of nitrogens with one attached hydrogen (secondary N) is 1. The molecule has 42 valence electrons. The van der Waals surface area contributed by atoms with Crippen molar-refractivity contribution in [1.82, 2.24) is 4.99 Å². The normalized spacial score (nSPS) is 12.9. The van der Waals surface area contributed by atoms with E-state index in [0.717, 1.165) is 11.4 Å². The lowest BCUT2D eigenvalue weighted by Crippen LogP contribution is -1.86. The Morgan fingerprint density at radius 2 is 2.56 bits per heavy atom. The Balaban J connectivity index is 2.63. The summed E-state index contributed by atoms with van der Waals surface area (Å²) in [5, 5.41) is 2.98. The quantitative estimate of drug-likeness (QED) is 0.537. The maximum Gasteiger partial charge on any atom is 0.285 e. The summed E-state index contributed by atoms with van der Waals surface area (Å²) < 4.78 is 0. The predicted octanol–water partition coefficient (Wildman–Crippen LogP) is 0.908. The summed E-state index contributed by atoms with van der Waals surface area (Å²) in [6, 6.07) is 8.74. The van der Waals surface area contributed by atoms with Gasteiger partial charge in [0.25, 0.3) is 6.34 Å². The number of para-hydroxylation sites is 1. The average molecular weight is 117 g/mol. The molecule has 9 heavy (non-hydrogen) atoms. The molecular formula is C7H5N2+. The van der Waals surface area contributed by atoms with E-state index >= 15 is 0 Å². The molecule has 0 spiro atoms. The van der Waals surface area contributed by atoms with E-state index in [-0.39, 0.29) is 0 Å². The highest BCUT2D eigenvalue weighted by Crippen LogP contribution is 2.20. The van der Waals surface area contributed by atoms with Gasteiger partial charge < -0.3 is 0 Å². The maximum atomic E-state index is 4.01. The molecule has 0 bridgehead atoms. The Labute approximate surface area is 53.2 Å². The molecule has 0 amide bonds. The minimum atomic E-state index is 0.900. The summed E-state index contributed by atoms with van der Waals surface area (Å²) in [7, 11) is 0. The SMILES string of the molecule is [c]1cccc2c1[N+]=CN2. The maximum absolute atomic E-state index is 4.01. The molecule has 1 aromatic rings. The highest BCUT2D eigenvalue weighted by Gasteiger charge is 2.12. The number of benzene rings is 1. The molecule has 1 aromatic carbocycles. The number of rotatable bonds is 0. The zero-order valence-corrected chi connectivity index (χ0v) is 4.76. The monoisotopic (exact) mass is 117 g/mol. The van der Waals surface area contributed by atoms with Crippen molar-refractivity contribution in [2.24, 2.45) is 0 Å². The molecule has 2 rings (SSSR count). The van der Waals surface area contributed by atoms with Crippen LogP contribution in [-0.4, -0.2) is 6.34 Å². The topological polar surface area (TPSA) is 26.1 Å². The molecule has 0 saturated heterocycles. The fraction of sp³-hybridized carbons (Fsp3) is 0. The van der Waals surface area contributed by atoms with Crippen molar-refractivity contribution in [2.45, 2.75) is 0 Å². The molecule has 1 N–H and O–H groups in total. The lowest BCUT2D eigenvalue weighted by atomic mass is 10.3. The van der Waals surface area contributed by atoms with E-state index in [4.69, 9.17) is 0 Å². The van der Waals surface area contributed by atoms with Crippen LogP contribution in [0.4, 0.5) is 11.4 Å². The Kier molecular flexibility index (Phi) is 0.803. The van der Waals surface area contributed by atoms with Crippen LogP contribution in [0, 0.1) is 6.07 Å². The van der Waals surface area contributed by atoms with Crippen LogP contribution >= 0.6 is 0 Å². The summed E-state index contributed by atoms with van der Waals surface area (Å²) in [6.07, 6.45) is 1.67.